The summed E-state index contributed by atoms with van der Waals surface area (Å²) >= 11 is 0. The highest BCUT2D eigenvalue weighted by atomic mass is 16.6. The molecule has 0 radical (unpaired) electrons. The average Bonchev–Trinajstić information content (AvgIpc) is 2.97. The molecule has 82 valence electrons. The van der Waals surface area contributed by atoms with Crippen LogP contribution in [0.5, 0.6) is 0 Å². The number of rotatable bonds is 5. The van der Waals surface area contributed by atoms with Crippen LogP contribution in [-0.2, 0) is 16.1 Å². The Labute approximate surface area is 91.2 Å². The molecule has 0 spiro atoms. The first-order valence-corrected chi connectivity index (χ1v) is 5.54. The summed E-state index contributed by atoms with van der Waals surface area (Å²) in [5.74, 6) is 0.503. The third-order valence-corrected chi connectivity index (χ3v) is 2.81. The number of benzene rings is 1. The Balaban J connectivity index is 1.67. The SMILES string of the molecule is C[C@@H](COCc1ccccc1)[C@@H]1O[C@@H]1C. The van der Waals surface area contributed by atoms with E-state index in [0.717, 1.165) is 6.61 Å². The van der Waals surface area contributed by atoms with Gasteiger partial charge in [0, 0.05) is 5.92 Å². The minimum Gasteiger partial charge on any atom is -0.376 e. The van der Waals surface area contributed by atoms with Crippen molar-refractivity contribution in [1.82, 2.24) is 0 Å². The lowest BCUT2D eigenvalue weighted by atomic mass is 10.1. The Hall–Kier alpha value is -0.860. The third kappa shape index (κ3) is 3.05. The van der Waals surface area contributed by atoms with Crippen LogP contribution < -0.4 is 0 Å². The van der Waals surface area contributed by atoms with Crippen LogP contribution in [0.4, 0.5) is 0 Å². The number of epoxide rings is 1. The van der Waals surface area contributed by atoms with Crippen molar-refractivity contribution in [2.75, 3.05) is 6.61 Å². The molecule has 2 rings (SSSR count). The first-order valence-electron chi connectivity index (χ1n) is 5.54. The van der Waals surface area contributed by atoms with Gasteiger partial charge in [0.15, 0.2) is 0 Å². The van der Waals surface area contributed by atoms with E-state index in [2.05, 4.69) is 26.0 Å². The zero-order valence-corrected chi connectivity index (χ0v) is 9.35. The zero-order chi connectivity index (χ0) is 10.7. The summed E-state index contributed by atoms with van der Waals surface area (Å²) in [4.78, 5) is 0. The molecule has 0 aliphatic carbocycles. The van der Waals surface area contributed by atoms with Crippen molar-refractivity contribution >= 4 is 0 Å². The Morgan fingerprint density at radius 2 is 2.00 bits per heavy atom. The summed E-state index contributed by atoms with van der Waals surface area (Å²) in [6.07, 6.45) is 0.848. The highest BCUT2D eigenvalue weighted by molar-refractivity contribution is 5.13. The minimum atomic E-state index is 0.417. The second-order valence-corrected chi connectivity index (χ2v) is 4.28. The highest BCUT2D eigenvalue weighted by Crippen LogP contribution is 2.28. The number of hydrogen-bond acceptors (Lipinski definition) is 2. The van der Waals surface area contributed by atoms with Gasteiger partial charge < -0.3 is 9.47 Å². The smallest absolute Gasteiger partial charge is 0.0886 e. The molecular formula is C13H18O2. The summed E-state index contributed by atoms with van der Waals surface area (Å²) in [6.45, 7) is 5.77. The van der Waals surface area contributed by atoms with Gasteiger partial charge in [0.25, 0.3) is 0 Å². The molecule has 1 heterocycles. The van der Waals surface area contributed by atoms with Gasteiger partial charge in [-0.2, -0.15) is 0 Å². The predicted octanol–water partition coefficient (Wildman–Crippen LogP) is 2.63. The fourth-order valence-corrected chi connectivity index (χ4v) is 1.83. The zero-order valence-electron chi connectivity index (χ0n) is 9.35. The van der Waals surface area contributed by atoms with E-state index in [9.17, 15) is 0 Å². The van der Waals surface area contributed by atoms with Crippen molar-refractivity contribution in [3.63, 3.8) is 0 Å². The second kappa shape index (κ2) is 4.77. The summed E-state index contributed by atoms with van der Waals surface area (Å²) < 4.78 is 11.1. The lowest BCUT2D eigenvalue weighted by molar-refractivity contribution is 0.0825. The molecule has 2 nitrogen and oxygen atoms in total. The summed E-state index contributed by atoms with van der Waals surface area (Å²) in [5.41, 5.74) is 1.23. The maximum absolute atomic E-state index is 5.65. The summed E-state index contributed by atoms with van der Waals surface area (Å²) in [5, 5.41) is 0. The lowest BCUT2D eigenvalue weighted by Gasteiger charge is -2.09. The van der Waals surface area contributed by atoms with Gasteiger partial charge in [0.05, 0.1) is 25.4 Å². The van der Waals surface area contributed by atoms with Crippen LogP contribution in [0.25, 0.3) is 0 Å². The maximum Gasteiger partial charge on any atom is 0.0886 e. The quantitative estimate of drug-likeness (QED) is 0.691. The van der Waals surface area contributed by atoms with Gasteiger partial charge in [-0.25, -0.2) is 0 Å². The van der Waals surface area contributed by atoms with Crippen LogP contribution in [0.3, 0.4) is 0 Å². The highest BCUT2D eigenvalue weighted by Gasteiger charge is 2.38. The van der Waals surface area contributed by atoms with Gasteiger partial charge in [-0.15, -0.1) is 0 Å². The normalized spacial score (nSPS) is 26.3. The van der Waals surface area contributed by atoms with Crippen LogP contribution in [0, 0.1) is 5.92 Å². The minimum absolute atomic E-state index is 0.417. The maximum atomic E-state index is 5.65. The van der Waals surface area contributed by atoms with Crippen molar-refractivity contribution in [3.8, 4) is 0 Å². The van der Waals surface area contributed by atoms with Crippen LogP contribution >= 0.6 is 0 Å². The van der Waals surface area contributed by atoms with Crippen molar-refractivity contribution in [3.05, 3.63) is 35.9 Å². The molecule has 0 amide bonds. The first-order chi connectivity index (χ1) is 7.27. The van der Waals surface area contributed by atoms with Crippen molar-refractivity contribution in [2.45, 2.75) is 32.7 Å². The van der Waals surface area contributed by atoms with E-state index in [0.29, 0.717) is 24.7 Å². The molecule has 1 fully saturated rings. The Morgan fingerprint density at radius 1 is 1.33 bits per heavy atom. The van der Waals surface area contributed by atoms with Crippen LogP contribution in [-0.4, -0.2) is 18.8 Å². The molecule has 15 heavy (non-hydrogen) atoms. The molecule has 1 aromatic carbocycles. The fraction of sp³-hybridized carbons (Fsp3) is 0.538. The molecular weight excluding hydrogens is 188 g/mol. The van der Waals surface area contributed by atoms with E-state index in [4.69, 9.17) is 9.47 Å². The largest absolute Gasteiger partial charge is 0.376 e. The number of ether oxygens (including phenoxy) is 2. The summed E-state index contributed by atoms with van der Waals surface area (Å²) in [7, 11) is 0. The van der Waals surface area contributed by atoms with Gasteiger partial charge >= 0.3 is 0 Å². The topological polar surface area (TPSA) is 21.8 Å². The van der Waals surface area contributed by atoms with Crippen LogP contribution in [0.1, 0.15) is 19.4 Å². The van der Waals surface area contributed by atoms with Crippen molar-refractivity contribution in [2.24, 2.45) is 5.92 Å². The molecule has 1 aliphatic heterocycles. The molecule has 0 bridgehead atoms. The van der Waals surface area contributed by atoms with E-state index >= 15 is 0 Å². The number of hydrogen-bond donors (Lipinski definition) is 0. The van der Waals surface area contributed by atoms with Gasteiger partial charge in [-0.1, -0.05) is 37.3 Å². The van der Waals surface area contributed by atoms with Crippen molar-refractivity contribution < 1.29 is 9.47 Å². The van der Waals surface area contributed by atoms with E-state index in [-0.39, 0.29) is 0 Å². The van der Waals surface area contributed by atoms with Gasteiger partial charge in [0.2, 0.25) is 0 Å². The molecule has 0 unspecified atom stereocenters. The third-order valence-electron chi connectivity index (χ3n) is 2.81. The fourth-order valence-electron chi connectivity index (χ4n) is 1.83. The molecule has 0 N–H and O–H groups in total. The Morgan fingerprint density at radius 3 is 2.60 bits per heavy atom. The van der Waals surface area contributed by atoms with Crippen LogP contribution in [0.15, 0.2) is 30.3 Å². The predicted molar refractivity (Wildman–Crippen MR) is 59.6 cm³/mol. The van der Waals surface area contributed by atoms with E-state index in [1.165, 1.54) is 5.56 Å². The van der Waals surface area contributed by atoms with Gasteiger partial charge in [0.1, 0.15) is 0 Å². The summed E-state index contributed by atoms with van der Waals surface area (Å²) in [6, 6.07) is 10.3. The van der Waals surface area contributed by atoms with E-state index in [1.54, 1.807) is 0 Å². The standard InChI is InChI=1S/C13H18O2/c1-10(13-11(2)15-13)8-14-9-12-6-4-3-5-7-12/h3-7,10-11,13H,8-9H2,1-2H3/t10-,11+,13-/m0/s1. The Kier molecular flexibility index (Phi) is 3.39. The Bertz CT molecular complexity index is 297. The monoisotopic (exact) mass is 206 g/mol. The molecule has 0 saturated carbocycles. The van der Waals surface area contributed by atoms with Crippen LogP contribution in [0.2, 0.25) is 0 Å². The molecule has 3 atom stereocenters. The molecule has 1 aromatic rings. The molecule has 0 aromatic heterocycles. The lowest BCUT2D eigenvalue weighted by Crippen LogP contribution is -2.13. The average molecular weight is 206 g/mol. The second-order valence-electron chi connectivity index (χ2n) is 4.28. The van der Waals surface area contributed by atoms with E-state index in [1.807, 2.05) is 18.2 Å². The molecule has 1 saturated heterocycles. The van der Waals surface area contributed by atoms with Gasteiger partial charge in [-0.3, -0.25) is 0 Å². The molecule has 1 aliphatic rings. The van der Waals surface area contributed by atoms with E-state index < -0.39 is 0 Å². The first kappa shape index (κ1) is 10.7. The molecule has 2 heteroatoms. The van der Waals surface area contributed by atoms with Crippen molar-refractivity contribution in [1.29, 1.82) is 0 Å². The van der Waals surface area contributed by atoms with Gasteiger partial charge in [-0.05, 0) is 12.5 Å².